The topological polar surface area (TPSA) is 46.2 Å². The molecule has 1 heterocycles. The lowest BCUT2D eigenvalue weighted by atomic mass is 9.91. The summed E-state index contributed by atoms with van der Waals surface area (Å²) >= 11 is 0. The Labute approximate surface area is 71.7 Å². The Kier molecular flexibility index (Phi) is 1.31. The summed E-state index contributed by atoms with van der Waals surface area (Å²) in [6.45, 7) is 0. The van der Waals surface area contributed by atoms with Crippen LogP contribution in [0.2, 0.25) is 0 Å². The third kappa shape index (κ3) is 0.734. The molecule has 0 saturated carbocycles. The first-order valence-corrected chi connectivity index (χ1v) is 3.44. The minimum atomic E-state index is -0.370. The highest BCUT2D eigenvalue weighted by molar-refractivity contribution is 6.39. The minimum Gasteiger partial charge on any atom is -0.335 e. The van der Waals surface area contributed by atoms with E-state index >= 15 is 0 Å². The number of rotatable bonds is 0. The van der Waals surface area contributed by atoms with Gasteiger partial charge in [0.15, 0.2) is 5.78 Å². The molecule has 0 spiro atoms. The van der Waals surface area contributed by atoms with Gasteiger partial charge in [0.2, 0.25) is 0 Å². The Morgan fingerprint density at radius 2 is 1.83 bits per heavy atom. The largest absolute Gasteiger partial charge is 0.335 e. The number of carbonyl (C=O) groups is 2. The summed E-state index contributed by atoms with van der Waals surface area (Å²) in [5.41, 5.74) is 0.961. The second-order valence-electron chi connectivity index (χ2n) is 2.74. The molecule has 2 rings (SSSR count). The standard InChI is InChI=1S/C7H3B2NO2/c8-2-1-3(11)5-4(2)7(12)10-6(5)9/h1H2,(H,10,12). The molecule has 0 aromatic rings. The van der Waals surface area contributed by atoms with E-state index in [9.17, 15) is 9.59 Å². The molecule has 1 aliphatic heterocycles. The lowest BCUT2D eigenvalue weighted by molar-refractivity contribution is -0.116. The molecule has 1 amide bonds. The molecule has 0 bridgehead atoms. The van der Waals surface area contributed by atoms with Crippen LogP contribution in [-0.2, 0) is 9.59 Å². The molecule has 0 aromatic heterocycles. The van der Waals surface area contributed by atoms with Gasteiger partial charge in [0.05, 0.1) is 0 Å². The van der Waals surface area contributed by atoms with Crippen LogP contribution in [0.3, 0.4) is 0 Å². The Morgan fingerprint density at radius 3 is 2.42 bits per heavy atom. The molecule has 1 N–H and O–H groups in total. The molecule has 0 atom stereocenters. The van der Waals surface area contributed by atoms with Crippen LogP contribution in [0.5, 0.6) is 0 Å². The average molecular weight is 155 g/mol. The molecular formula is C7H3B2NO2. The van der Waals surface area contributed by atoms with Gasteiger partial charge in [-0.2, -0.15) is 0 Å². The fourth-order valence-corrected chi connectivity index (χ4v) is 1.44. The van der Waals surface area contributed by atoms with Gasteiger partial charge >= 0.3 is 0 Å². The molecular weight excluding hydrogens is 152 g/mol. The zero-order chi connectivity index (χ0) is 8.88. The van der Waals surface area contributed by atoms with Crippen molar-refractivity contribution < 1.29 is 9.59 Å². The van der Waals surface area contributed by atoms with Gasteiger partial charge in [-0.25, -0.2) is 0 Å². The normalized spacial score (nSPS) is 22.0. The second-order valence-corrected chi connectivity index (χ2v) is 2.74. The Bertz CT molecular complexity index is 332. The summed E-state index contributed by atoms with van der Waals surface area (Å²) in [5, 5.41) is 2.34. The molecule has 54 valence electrons. The van der Waals surface area contributed by atoms with E-state index in [-0.39, 0.29) is 34.9 Å². The summed E-state index contributed by atoms with van der Waals surface area (Å²) in [4.78, 5) is 22.3. The summed E-state index contributed by atoms with van der Waals surface area (Å²) in [6, 6.07) is 0. The summed E-state index contributed by atoms with van der Waals surface area (Å²) in [7, 11) is 10.9. The third-order valence-corrected chi connectivity index (χ3v) is 1.95. The highest BCUT2D eigenvalue weighted by Gasteiger charge is 2.35. The van der Waals surface area contributed by atoms with E-state index in [1.54, 1.807) is 0 Å². The van der Waals surface area contributed by atoms with E-state index < -0.39 is 0 Å². The number of Topliss-reactive ketones (excluding diaryl/α,β-unsaturated/α-hetero) is 1. The smallest absolute Gasteiger partial charge is 0.254 e. The molecule has 0 aromatic carbocycles. The van der Waals surface area contributed by atoms with Crippen LogP contribution in [-0.4, -0.2) is 27.4 Å². The fourth-order valence-electron chi connectivity index (χ4n) is 1.44. The van der Waals surface area contributed by atoms with Gasteiger partial charge in [0.25, 0.3) is 5.91 Å². The van der Waals surface area contributed by atoms with Gasteiger partial charge < -0.3 is 5.32 Å². The van der Waals surface area contributed by atoms with Crippen molar-refractivity contribution in [1.82, 2.24) is 5.32 Å². The van der Waals surface area contributed by atoms with Crippen molar-refractivity contribution in [2.45, 2.75) is 6.42 Å². The van der Waals surface area contributed by atoms with E-state index in [1.807, 2.05) is 0 Å². The Hall–Kier alpha value is -1.25. The summed E-state index contributed by atoms with van der Waals surface area (Å²) in [5.74, 6) is -0.552. The zero-order valence-corrected chi connectivity index (χ0v) is 6.18. The monoisotopic (exact) mass is 155 g/mol. The van der Waals surface area contributed by atoms with Crippen molar-refractivity contribution in [2.24, 2.45) is 0 Å². The van der Waals surface area contributed by atoms with E-state index in [1.165, 1.54) is 0 Å². The molecule has 0 fully saturated rings. The summed E-state index contributed by atoms with van der Waals surface area (Å²) < 4.78 is 0. The van der Waals surface area contributed by atoms with E-state index in [4.69, 9.17) is 15.7 Å². The fraction of sp³-hybridized carbons (Fsp3) is 0.143. The maximum Gasteiger partial charge on any atom is 0.254 e. The van der Waals surface area contributed by atoms with Crippen LogP contribution in [0.25, 0.3) is 0 Å². The van der Waals surface area contributed by atoms with Gasteiger partial charge in [0, 0.05) is 17.6 Å². The van der Waals surface area contributed by atoms with Crippen molar-refractivity contribution in [1.29, 1.82) is 0 Å². The number of hydrogen-bond acceptors (Lipinski definition) is 2. The van der Waals surface area contributed by atoms with Gasteiger partial charge in [-0.3, -0.25) is 9.59 Å². The molecule has 1 aliphatic carbocycles. The lowest BCUT2D eigenvalue weighted by Gasteiger charge is -1.95. The van der Waals surface area contributed by atoms with E-state index in [0.717, 1.165) is 0 Å². The van der Waals surface area contributed by atoms with Crippen LogP contribution in [0.1, 0.15) is 6.42 Å². The molecule has 0 saturated heterocycles. The molecule has 5 heteroatoms. The number of hydrogen-bond donors (Lipinski definition) is 1. The SMILES string of the molecule is [B]C1=C2C(=O)NC([B])=C2C(=O)C1. The Balaban J connectivity index is 2.64. The zero-order valence-electron chi connectivity index (χ0n) is 6.18. The number of allylic oxidation sites excluding steroid dienone is 1. The molecule has 12 heavy (non-hydrogen) atoms. The van der Waals surface area contributed by atoms with Crippen LogP contribution >= 0.6 is 0 Å². The lowest BCUT2D eigenvalue weighted by Crippen LogP contribution is -2.17. The van der Waals surface area contributed by atoms with E-state index in [2.05, 4.69) is 5.32 Å². The molecule has 4 radical (unpaired) electrons. The van der Waals surface area contributed by atoms with Crippen LogP contribution in [0, 0.1) is 0 Å². The van der Waals surface area contributed by atoms with Gasteiger partial charge in [-0.05, 0) is 5.60 Å². The number of amides is 1. The molecule has 3 nitrogen and oxygen atoms in total. The average Bonchev–Trinajstić information content (AvgIpc) is 2.38. The van der Waals surface area contributed by atoms with Crippen LogP contribution in [0.4, 0.5) is 0 Å². The van der Waals surface area contributed by atoms with Gasteiger partial charge in [0.1, 0.15) is 15.7 Å². The van der Waals surface area contributed by atoms with Crippen molar-refractivity contribution in [2.75, 3.05) is 0 Å². The predicted octanol–water partition coefficient (Wildman–Crippen LogP) is -1.11. The third-order valence-electron chi connectivity index (χ3n) is 1.95. The highest BCUT2D eigenvalue weighted by Crippen LogP contribution is 2.31. The van der Waals surface area contributed by atoms with Crippen molar-refractivity contribution in [3.05, 3.63) is 22.2 Å². The first kappa shape index (κ1) is 7.40. The Morgan fingerprint density at radius 1 is 1.17 bits per heavy atom. The summed E-state index contributed by atoms with van der Waals surface area (Å²) in [6.07, 6.45) is 0.110. The van der Waals surface area contributed by atoms with Crippen molar-refractivity contribution in [3.63, 3.8) is 0 Å². The maximum absolute atomic E-state index is 11.2. The predicted molar refractivity (Wildman–Crippen MR) is 43.3 cm³/mol. The number of ketones is 1. The molecule has 0 unspecified atom stereocenters. The maximum atomic E-state index is 11.2. The number of carbonyl (C=O) groups excluding carboxylic acids is 2. The van der Waals surface area contributed by atoms with Crippen molar-refractivity contribution >= 4 is 27.4 Å². The second kappa shape index (κ2) is 2.12. The van der Waals surface area contributed by atoms with Gasteiger partial charge in [-0.1, -0.05) is 5.47 Å². The first-order chi connectivity index (χ1) is 5.61. The molecule has 2 aliphatic rings. The van der Waals surface area contributed by atoms with Crippen LogP contribution in [0.15, 0.2) is 22.2 Å². The quantitative estimate of drug-likeness (QED) is 0.450. The number of fused-ring (bicyclic) bond motifs is 1. The first-order valence-electron chi connectivity index (χ1n) is 3.44. The highest BCUT2D eigenvalue weighted by atomic mass is 16.2. The van der Waals surface area contributed by atoms with Crippen molar-refractivity contribution in [3.8, 4) is 0 Å². The van der Waals surface area contributed by atoms with Crippen LogP contribution < -0.4 is 5.32 Å². The van der Waals surface area contributed by atoms with Gasteiger partial charge in [-0.15, -0.1) is 0 Å². The number of nitrogens with one attached hydrogen (secondary N) is 1. The minimum absolute atomic E-state index is 0.110. The van der Waals surface area contributed by atoms with E-state index in [0.29, 0.717) is 5.47 Å².